The molecule has 26 heavy (non-hydrogen) atoms. The van der Waals surface area contributed by atoms with E-state index in [1.807, 2.05) is 30.3 Å². The highest BCUT2D eigenvalue weighted by molar-refractivity contribution is 6.04. The first-order chi connectivity index (χ1) is 12.7. The minimum atomic E-state index is -0.274. The SMILES string of the molecule is O=C(CCc1ccccc1)Nc1cccc(C(=O)Nc2ccccn2)c1. The summed E-state index contributed by atoms with van der Waals surface area (Å²) in [6.45, 7) is 0. The highest BCUT2D eigenvalue weighted by atomic mass is 16.2. The van der Waals surface area contributed by atoms with Gasteiger partial charge in [-0.05, 0) is 42.3 Å². The molecule has 2 N–H and O–H groups in total. The van der Waals surface area contributed by atoms with Gasteiger partial charge in [-0.25, -0.2) is 4.98 Å². The molecule has 0 spiro atoms. The van der Waals surface area contributed by atoms with Gasteiger partial charge in [-0.2, -0.15) is 0 Å². The van der Waals surface area contributed by atoms with Crippen LogP contribution in [-0.2, 0) is 11.2 Å². The summed E-state index contributed by atoms with van der Waals surface area (Å²) in [5, 5.41) is 5.56. The van der Waals surface area contributed by atoms with E-state index in [0.717, 1.165) is 5.56 Å². The summed E-state index contributed by atoms with van der Waals surface area (Å²) < 4.78 is 0. The highest BCUT2D eigenvalue weighted by Crippen LogP contribution is 2.13. The van der Waals surface area contributed by atoms with E-state index >= 15 is 0 Å². The molecule has 0 aliphatic carbocycles. The number of amides is 2. The first-order valence-corrected chi connectivity index (χ1v) is 8.37. The van der Waals surface area contributed by atoms with Crippen molar-refractivity contribution in [1.29, 1.82) is 0 Å². The third-order valence-electron chi connectivity index (χ3n) is 3.80. The van der Waals surface area contributed by atoms with Crippen LogP contribution >= 0.6 is 0 Å². The monoisotopic (exact) mass is 345 g/mol. The average molecular weight is 345 g/mol. The minimum Gasteiger partial charge on any atom is -0.326 e. The molecule has 0 aliphatic rings. The Morgan fingerprint density at radius 2 is 1.65 bits per heavy atom. The Kier molecular flexibility index (Phi) is 5.72. The van der Waals surface area contributed by atoms with Gasteiger partial charge < -0.3 is 10.6 Å². The zero-order valence-corrected chi connectivity index (χ0v) is 14.2. The number of carbonyl (C=O) groups is 2. The Hall–Kier alpha value is -3.47. The lowest BCUT2D eigenvalue weighted by atomic mass is 10.1. The topological polar surface area (TPSA) is 71.1 Å². The van der Waals surface area contributed by atoms with E-state index in [9.17, 15) is 9.59 Å². The van der Waals surface area contributed by atoms with Crippen LogP contribution in [0.25, 0.3) is 0 Å². The molecule has 2 aromatic carbocycles. The third kappa shape index (κ3) is 5.01. The predicted octanol–water partition coefficient (Wildman–Crippen LogP) is 3.91. The van der Waals surface area contributed by atoms with E-state index in [0.29, 0.717) is 29.9 Å². The summed E-state index contributed by atoms with van der Waals surface area (Å²) in [4.78, 5) is 28.5. The van der Waals surface area contributed by atoms with Gasteiger partial charge in [0.25, 0.3) is 5.91 Å². The van der Waals surface area contributed by atoms with Gasteiger partial charge in [-0.1, -0.05) is 42.5 Å². The van der Waals surface area contributed by atoms with Gasteiger partial charge in [0.1, 0.15) is 5.82 Å². The lowest BCUT2D eigenvalue weighted by molar-refractivity contribution is -0.116. The van der Waals surface area contributed by atoms with E-state index in [4.69, 9.17) is 0 Å². The number of carbonyl (C=O) groups excluding carboxylic acids is 2. The molecular formula is C21H19N3O2. The largest absolute Gasteiger partial charge is 0.326 e. The summed E-state index contributed by atoms with van der Waals surface area (Å²) in [7, 11) is 0. The number of hydrogen-bond acceptors (Lipinski definition) is 3. The Bertz CT molecular complexity index is 880. The zero-order chi connectivity index (χ0) is 18.2. The number of anilines is 2. The summed E-state index contributed by atoms with van der Waals surface area (Å²) in [5.41, 5.74) is 2.17. The van der Waals surface area contributed by atoms with Crippen molar-refractivity contribution < 1.29 is 9.59 Å². The van der Waals surface area contributed by atoms with Crippen molar-refractivity contribution in [1.82, 2.24) is 4.98 Å². The molecule has 0 bridgehead atoms. The minimum absolute atomic E-state index is 0.0869. The molecule has 0 aliphatic heterocycles. The summed E-state index contributed by atoms with van der Waals surface area (Å²) in [6, 6.07) is 22.0. The van der Waals surface area contributed by atoms with E-state index in [-0.39, 0.29) is 11.8 Å². The first kappa shape index (κ1) is 17.4. The van der Waals surface area contributed by atoms with Crippen LogP contribution in [0.3, 0.4) is 0 Å². The second-order valence-corrected chi connectivity index (χ2v) is 5.78. The highest BCUT2D eigenvalue weighted by Gasteiger charge is 2.09. The van der Waals surface area contributed by atoms with E-state index in [1.165, 1.54) is 0 Å². The number of nitrogens with zero attached hydrogens (tertiary/aromatic N) is 1. The molecule has 0 unspecified atom stereocenters. The standard InChI is InChI=1S/C21H19N3O2/c25-20(13-12-16-7-2-1-3-8-16)23-18-10-6-9-17(15-18)21(26)24-19-11-4-5-14-22-19/h1-11,14-15H,12-13H2,(H,23,25)(H,22,24,26). The Morgan fingerprint density at radius 3 is 2.42 bits per heavy atom. The lowest BCUT2D eigenvalue weighted by Crippen LogP contribution is -2.15. The number of benzene rings is 2. The molecular weight excluding hydrogens is 326 g/mol. The molecule has 2 amide bonds. The van der Waals surface area contributed by atoms with Crippen LogP contribution < -0.4 is 10.6 Å². The van der Waals surface area contributed by atoms with Crippen molar-refractivity contribution >= 4 is 23.3 Å². The lowest BCUT2D eigenvalue weighted by Gasteiger charge is -2.08. The molecule has 3 aromatic rings. The van der Waals surface area contributed by atoms with E-state index < -0.39 is 0 Å². The second-order valence-electron chi connectivity index (χ2n) is 5.78. The molecule has 130 valence electrons. The van der Waals surface area contributed by atoms with Crippen LogP contribution in [0.1, 0.15) is 22.3 Å². The van der Waals surface area contributed by atoms with Crippen molar-refractivity contribution in [3.63, 3.8) is 0 Å². The van der Waals surface area contributed by atoms with Gasteiger partial charge in [0, 0.05) is 23.9 Å². The molecule has 1 aromatic heterocycles. The van der Waals surface area contributed by atoms with Crippen LogP contribution in [0, 0.1) is 0 Å². The number of pyridine rings is 1. The smallest absolute Gasteiger partial charge is 0.256 e. The van der Waals surface area contributed by atoms with Gasteiger partial charge >= 0.3 is 0 Å². The normalized spacial score (nSPS) is 10.2. The second kappa shape index (κ2) is 8.58. The molecule has 0 fully saturated rings. The van der Waals surface area contributed by atoms with Crippen LogP contribution in [0.5, 0.6) is 0 Å². The predicted molar refractivity (Wildman–Crippen MR) is 102 cm³/mol. The number of nitrogens with one attached hydrogen (secondary N) is 2. The van der Waals surface area contributed by atoms with Crippen molar-refractivity contribution in [2.75, 3.05) is 10.6 Å². The molecule has 3 rings (SSSR count). The average Bonchev–Trinajstić information content (AvgIpc) is 2.68. The fourth-order valence-electron chi connectivity index (χ4n) is 2.49. The van der Waals surface area contributed by atoms with Gasteiger partial charge in [0.2, 0.25) is 5.91 Å². The van der Waals surface area contributed by atoms with Gasteiger partial charge in [0.05, 0.1) is 0 Å². The fraction of sp³-hybridized carbons (Fsp3) is 0.0952. The Labute approximate surface area is 152 Å². The van der Waals surface area contributed by atoms with Gasteiger partial charge in [-0.3, -0.25) is 9.59 Å². The first-order valence-electron chi connectivity index (χ1n) is 8.37. The maximum Gasteiger partial charge on any atom is 0.256 e. The van der Waals surface area contributed by atoms with Crippen LogP contribution in [0.4, 0.5) is 11.5 Å². The zero-order valence-electron chi connectivity index (χ0n) is 14.2. The summed E-state index contributed by atoms with van der Waals surface area (Å²) in [5.74, 6) is 0.120. The maximum atomic E-state index is 12.3. The van der Waals surface area contributed by atoms with Gasteiger partial charge in [-0.15, -0.1) is 0 Å². The quantitative estimate of drug-likeness (QED) is 0.712. The number of aromatic nitrogens is 1. The number of aryl methyl sites for hydroxylation is 1. The van der Waals surface area contributed by atoms with Crippen molar-refractivity contribution in [2.45, 2.75) is 12.8 Å². The Morgan fingerprint density at radius 1 is 0.846 bits per heavy atom. The summed E-state index contributed by atoms with van der Waals surface area (Å²) >= 11 is 0. The van der Waals surface area contributed by atoms with Crippen LogP contribution in [-0.4, -0.2) is 16.8 Å². The number of hydrogen-bond donors (Lipinski definition) is 2. The molecule has 5 heteroatoms. The molecule has 0 atom stereocenters. The molecule has 0 saturated heterocycles. The molecule has 5 nitrogen and oxygen atoms in total. The summed E-state index contributed by atoms with van der Waals surface area (Å²) in [6.07, 6.45) is 2.67. The van der Waals surface area contributed by atoms with Crippen molar-refractivity contribution in [2.24, 2.45) is 0 Å². The van der Waals surface area contributed by atoms with Crippen molar-refractivity contribution in [3.8, 4) is 0 Å². The number of rotatable bonds is 6. The Balaban J connectivity index is 1.58. The van der Waals surface area contributed by atoms with Gasteiger partial charge in [0.15, 0.2) is 0 Å². The van der Waals surface area contributed by atoms with Crippen LogP contribution in [0.15, 0.2) is 79.0 Å². The molecule has 0 saturated carbocycles. The fourth-order valence-corrected chi connectivity index (χ4v) is 2.49. The maximum absolute atomic E-state index is 12.3. The van der Waals surface area contributed by atoms with Crippen LogP contribution in [0.2, 0.25) is 0 Å². The van der Waals surface area contributed by atoms with E-state index in [2.05, 4.69) is 15.6 Å². The third-order valence-corrected chi connectivity index (χ3v) is 3.80. The molecule has 0 radical (unpaired) electrons. The van der Waals surface area contributed by atoms with E-state index in [1.54, 1.807) is 48.7 Å². The van der Waals surface area contributed by atoms with Crippen molar-refractivity contribution in [3.05, 3.63) is 90.1 Å². The molecule has 1 heterocycles.